The second-order valence-electron chi connectivity index (χ2n) is 5.20. The number of aromatic nitrogens is 2. The van der Waals surface area contributed by atoms with Gasteiger partial charge in [-0.2, -0.15) is 0 Å². The van der Waals surface area contributed by atoms with E-state index in [1.165, 1.54) is 0 Å². The molecule has 0 amide bonds. The van der Waals surface area contributed by atoms with Gasteiger partial charge in [0.25, 0.3) is 0 Å². The molecule has 3 rings (SSSR count). The summed E-state index contributed by atoms with van der Waals surface area (Å²) in [4.78, 5) is 9.63. The average Bonchev–Trinajstić information content (AvgIpc) is 2.90. The maximum absolute atomic E-state index is 11.7. The second-order valence-corrected chi connectivity index (χ2v) is 8.11. The Morgan fingerprint density at radius 1 is 1.38 bits per heavy atom. The molecule has 112 valence electrons. The minimum Gasteiger partial charge on any atom is -0.367 e. The number of thiophene rings is 1. The first-order valence-corrected chi connectivity index (χ1v) is 9.05. The third kappa shape index (κ3) is 2.78. The molecule has 2 aromatic rings. The highest BCUT2D eigenvalue weighted by molar-refractivity contribution is 7.90. The Balaban J connectivity index is 1.76. The van der Waals surface area contributed by atoms with E-state index >= 15 is 0 Å². The molecule has 1 aliphatic carbocycles. The van der Waals surface area contributed by atoms with E-state index in [1.807, 2.05) is 17.5 Å². The van der Waals surface area contributed by atoms with Gasteiger partial charge in [0.1, 0.15) is 16.3 Å². The molecule has 1 saturated carbocycles. The highest BCUT2D eigenvalue weighted by Gasteiger charge is 2.46. The van der Waals surface area contributed by atoms with Crippen molar-refractivity contribution < 1.29 is 8.42 Å². The van der Waals surface area contributed by atoms with Gasteiger partial charge >= 0.3 is 0 Å². The van der Waals surface area contributed by atoms with Crippen LogP contribution in [-0.4, -0.2) is 29.7 Å². The molecule has 0 saturated heterocycles. The molecule has 8 heteroatoms. The summed E-state index contributed by atoms with van der Waals surface area (Å²) >= 11 is 1.58. The van der Waals surface area contributed by atoms with Gasteiger partial charge in [-0.25, -0.2) is 18.5 Å². The molecule has 0 atom stereocenters. The summed E-state index contributed by atoms with van der Waals surface area (Å²) < 4.78 is 22.6. The SMILES string of the molecule is NS(=O)(=O)C1(CNc2cncc(-c3cccs3)n2)CCC1. The second kappa shape index (κ2) is 5.36. The predicted molar refractivity (Wildman–Crippen MR) is 83.5 cm³/mol. The molecule has 1 fully saturated rings. The molecule has 3 N–H and O–H groups in total. The van der Waals surface area contributed by atoms with Crippen LogP contribution in [0.3, 0.4) is 0 Å². The van der Waals surface area contributed by atoms with Crippen LogP contribution in [0.15, 0.2) is 29.9 Å². The molecule has 0 bridgehead atoms. The Morgan fingerprint density at radius 3 is 2.76 bits per heavy atom. The van der Waals surface area contributed by atoms with Gasteiger partial charge < -0.3 is 5.32 Å². The number of anilines is 1. The van der Waals surface area contributed by atoms with E-state index in [9.17, 15) is 8.42 Å². The molecule has 0 aliphatic heterocycles. The molecule has 2 heterocycles. The van der Waals surface area contributed by atoms with Gasteiger partial charge in [-0.1, -0.05) is 12.5 Å². The van der Waals surface area contributed by atoms with Crippen LogP contribution < -0.4 is 10.5 Å². The number of nitrogens with one attached hydrogen (secondary N) is 1. The first-order valence-electron chi connectivity index (χ1n) is 6.62. The summed E-state index contributed by atoms with van der Waals surface area (Å²) in [6, 6.07) is 3.92. The van der Waals surface area contributed by atoms with E-state index in [1.54, 1.807) is 23.7 Å². The lowest BCUT2D eigenvalue weighted by atomic mass is 9.84. The van der Waals surface area contributed by atoms with Crippen molar-refractivity contribution in [3.63, 3.8) is 0 Å². The van der Waals surface area contributed by atoms with Gasteiger partial charge in [-0.3, -0.25) is 4.98 Å². The predicted octanol–water partition coefficient (Wildman–Crippen LogP) is 1.83. The van der Waals surface area contributed by atoms with Crippen LogP contribution in [0.25, 0.3) is 10.6 Å². The highest BCUT2D eigenvalue weighted by atomic mass is 32.2. The Morgan fingerprint density at radius 2 is 2.19 bits per heavy atom. The van der Waals surface area contributed by atoms with Crippen molar-refractivity contribution in [3.8, 4) is 10.6 Å². The molecular weight excluding hydrogens is 308 g/mol. The third-order valence-corrected chi connectivity index (χ3v) is 6.52. The van der Waals surface area contributed by atoms with Crippen molar-refractivity contribution in [2.24, 2.45) is 5.14 Å². The lowest BCUT2D eigenvalue weighted by molar-refractivity contribution is 0.351. The number of rotatable bonds is 5. The summed E-state index contributed by atoms with van der Waals surface area (Å²) in [6.45, 7) is 0.272. The fourth-order valence-electron chi connectivity index (χ4n) is 2.38. The van der Waals surface area contributed by atoms with Crippen LogP contribution in [0.2, 0.25) is 0 Å². The smallest absolute Gasteiger partial charge is 0.216 e. The summed E-state index contributed by atoms with van der Waals surface area (Å²) in [5.74, 6) is 0.566. The Hall–Kier alpha value is -1.51. The zero-order chi connectivity index (χ0) is 14.9. The van der Waals surface area contributed by atoms with E-state index in [0.717, 1.165) is 17.0 Å². The van der Waals surface area contributed by atoms with Crippen LogP contribution in [-0.2, 0) is 10.0 Å². The van der Waals surface area contributed by atoms with Gasteiger partial charge in [0.05, 0.1) is 17.3 Å². The Kier molecular flexibility index (Phi) is 3.68. The molecule has 2 aromatic heterocycles. The van der Waals surface area contributed by atoms with Crippen LogP contribution in [0.5, 0.6) is 0 Å². The van der Waals surface area contributed by atoms with Crippen molar-refractivity contribution >= 4 is 27.2 Å². The molecule has 0 spiro atoms. The summed E-state index contributed by atoms with van der Waals surface area (Å²) in [7, 11) is -3.56. The Labute approximate surface area is 127 Å². The molecule has 0 aromatic carbocycles. The Bertz CT molecular complexity index is 724. The van der Waals surface area contributed by atoms with Crippen molar-refractivity contribution in [2.45, 2.75) is 24.0 Å². The lowest BCUT2D eigenvalue weighted by Gasteiger charge is -2.39. The van der Waals surface area contributed by atoms with Gasteiger partial charge in [-0.15, -0.1) is 11.3 Å². The summed E-state index contributed by atoms with van der Waals surface area (Å²) in [5, 5.41) is 10.4. The van der Waals surface area contributed by atoms with Crippen molar-refractivity contribution in [1.82, 2.24) is 9.97 Å². The fraction of sp³-hybridized carbons (Fsp3) is 0.385. The van der Waals surface area contributed by atoms with E-state index in [4.69, 9.17) is 5.14 Å². The third-order valence-electron chi connectivity index (χ3n) is 3.87. The molecule has 0 radical (unpaired) electrons. The highest BCUT2D eigenvalue weighted by Crippen LogP contribution is 2.38. The van der Waals surface area contributed by atoms with Crippen LogP contribution >= 0.6 is 11.3 Å². The minimum absolute atomic E-state index is 0.272. The summed E-state index contributed by atoms with van der Waals surface area (Å²) in [6.07, 6.45) is 5.36. The van der Waals surface area contributed by atoms with Crippen LogP contribution in [0.1, 0.15) is 19.3 Å². The van der Waals surface area contributed by atoms with E-state index in [2.05, 4.69) is 15.3 Å². The van der Waals surface area contributed by atoms with Crippen molar-refractivity contribution in [1.29, 1.82) is 0 Å². The quantitative estimate of drug-likeness (QED) is 0.874. The monoisotopic (exact) mass is 324 g/mol. The molecule has 0 unspecified atom stereocenters. The van der Waals surface area contributed by atoms with Crippen molar-refractivity contribution in [3.05, 3.63) is 29.9 Å². The van der Waals surface area contributed by atoms with E-state index in [-0.39, 0.29) is 6.54 Å². The number of hydrogen-bond donors (Lipinski definition) is 2. The van der Waals surface area contributed by atoms with Gasteiger partial charge in [0, 0.05) is 6.54 Å². The zero-order valence-corrected chi connectivity index (χ0v) is 13.0. The van der Waals surface area contributed by atoms with Crippen molar-refractivity contribution in [2.75, 3.05) is 11.9 Å². The number of primary sulfonamides is 1. The normalized spacial score (nSPS) is 17.2. The molecule has 1 aliphatic rings. The number of nitrogens with two attached hydrogens (primary N) is 1. The van der Waals surface area contributed by atoms with Crippen LogP contribution in [0.4, 0.5) is 5.82 Å². The lowest BCUT2D eigenvalue weighted by Crippen LogP contribution is -2.53. The zero-order valence-electron chi connectivity index (χ0n) is 11.3. The maximum Gasteiger partial charge on any atom is 0.216 e. The number of sulfonamides is 1. The largest absolute Gasteiger partial charge is 0.367 e. The number of nitrogens with zero attached hydrogens (tertiary/aromatic N) is 2. The maximum atomic E-state index is 11.7. The standard InChI is InChI=1S/C13H16N4O2S2/c14-21(18,19)13(4-2-5-13)9-16-12-8-15-7-10(17-12)11-3-1-6-20-11/h1,3,6-8H,2,4-5,9H2,(H,16,17)(H2,14,18,19). The van der Waals surface area contributed by atoms with Gasteiger partial charge in [0.15, 0.2) is 0 Å². The molecular formula is C13H16N4O2S2. The topological polar surface area (TPSA) is 98.0 Å². The van der Waals surface area contributed by atoms with E-state index < -0.39 is 14.8 Å². The fourth-order valence-corrected chi connectivity index (χ4v) is 4.19. The molecule has 21 heavy (non-hydrogen) atoms. The van der Waals surface area contributed by atoms with Gasteiger partial charge in [-0.05, 0) is 24.3 Å². The minimum atomic E-state index is -3.56. The number of hydrogen-bond acceptors (Lipinski definition) is 6. The van der Waals surface area contributed by atoms with Gasteiger partial charge in [0.2, 0.25) is 10.0 Å². The van der Waals surface area contributed by atoms with E-state index in [0.29, 0.717) is 18.7 Å². The van der Waals surface area contributed by atoms with Crippen LogP contribution in [0, 0.1) is 0 Å². The average molecular weight is 324 g/mol. The first kappa shape index (κ1) is 14.4. The summed E-state index contributed by atoms with van der Waals surface area (Å²) in [5.41, 5.74) is 0.772. The molecule has 6 nitrogen and oxygen atoms in total. The first-order chi connectivity index (χ1) is 10.0.